The lowest BCUT2D eigenvalue weighted by Crippen LogP contribution is -2.03. The molecule has 0 N–H and O–H groups in total. The van der Waals surface area contributed by atoms with Crippen LogP contribution in [0.2, 0.25) is 5.02 Å². The van der Waals surface area contributed by atoms with Crippen molar-refractivity contribution in [2.24, 2.45) is 0 Å². The second-order valence-electron chi connectivity index (χ2n) is 3.64. The molecule has 7 heteroatoms. The van der Waals surface area contributed by atoms with E-state index in [1.165, 1.54) is 6.07 Å². The lowest BCUT2D eigenvalue weighted by Gasteiger charge is -2.08. The summed E-state index contributed by atoms with van der Waals surface area (Å²) in [7, 11) is 0. The SMILES string of the molecule is FC(F)Oc1ccc(Cc2ncc(Br)cn2)cc1Cl. The fourth-order valence-electron chi connectivity index (χ4n) is 1.46. The minimum absolute atomic E-state index is 0.0443. The topological polar surface area (TPSA) is 35.0 Å². The van der Waals surface area contributed by atoms with E-state index in [2.05, 4.69) is 30.6 Å². The van der Waals surface area contributed by atoms with Crippen molar-refractivity contribution in [3.63, 3.8) is 0 Å². The minimum atomic E-state index is -2.89. The predicted molar refractivity (Wildman–Crippen MR) is 70.6 cm³/mol. The summed E-state index contributed by atoms with van der Waals surface area (Å²) in [6.45, 7) is -2.89. The molecule has 1 heterocycles. The highest BCUT2D eigenvalue weighted by molar-refractivity contribution is 9.10. The molecule has 2 aromatic rings. The summed E-state index contributed by atoms with van der Waals surface area (Å²) in [5.74, 6) is 0.568. The molecule has 0 aliphatic carbocycles. The van der Waals surface area contributed by atoms with Crippen molar-refractivity contribution < 1.29 is 13.5 Å². The summed E-state index contributed by atoms with van der Waals surface area (Å²) in [6.07, 6.45) is 3.73. The molecule has 0 amide bonds. The van der Waals surface area contributed by atoms with Gasteiger partial charge >= 0.3 is 6.61 Å². The van der Waals surface area contributed by atoms with Gasteiger partial charge in [-0.3, -0.25) is 0 Å². The fourth-order valence-corrected chi connectivity index (χ4v) is 1.91. The van der Waals surface area contributed by atoms with Crippen molar-refractivity contribution in [1.82, 2.24) is 9.97 Å². The molecule has 19 heavy (non-hydrogen) atoms. The Morgan fingerprint density at radius 3 is 2.53 bits per heavy atom. The number of rotatable bonds is 4. The molecule has 1 aromatic heterocycles. The van der Waals surface area contributed by atoms with Crippen molar-refractivity contribution >= 4 is 27.5 Å². The van der Waals surface area contributed by atoms with E-state index in [9.17, 15) is 8.78 Å². The number of benzene rings is 1. The first-order valence-corrected chi connectivity index (χ1v) is 6.41. The highest BCUT2D eigenvalue weighted by atomic mass is 79.9. The average molecular weight is 350 g/mol. The molecule has 0 atom stereocenters. The van der Waals surface area contributed by atoms with Gasteiger partial charge in [0.05, 0.1) is 9.50 Å². The van der Waals surface area contributed by atoms with E-state index in [0.717, 1.165) is 10.0 Å². The molecular weight excluding hydrogens is 341 g/mol. The van der Waals surface area contributed by atoms with Crippen LogP contribution < -0.4 is 4.74 Å². The Morgan fingerprint density at radius 2 is 1.95 bits per heavy atom. The number of aromatic nitrogens is 2. The van der Waals surface area contributed by atoms with Crippen LogP contribution in [0.25, 0.3) is 0 Å². The maximum atomic E-state index is 12.1. The summed E-state index contributed by atoms with van der Waals surface area (Å²) in [5.41, 5.74) is 0.814. The van der Waals surface area contributed by atoms with Gasteiger partial charge in [-0.15, -0.1) is 0 Å². The molecule has 0 saturated heterocycles. The Hall–Kier alpha value is -1.27. The average Bonchev–Trinajstić information content (AvgIpc) is 2.35. The molecule has 3 nitrogen and oxygen atoms in total. The Morgan fingerprint density at radius 1 is 1.26 bits per heavy atom. The van der Waals surface area contributed by atoms with E-state index in [1.807, 2.05) is 0 Å². The smallest absolute Gasteiger partial charge is 0.387 e. The molecule has 0 aliphatic heterocycles. The van der Waals surface area contributed by atoms with Crippen LogP contribution in [0.4, 0.5) is 8.78 Å². The zero-order valence-electron chi connectivity index (χ0n) is 9.49. The predicted octanol–water partition coefficient (Wildman–Crippen LogP) is 4.08. The minimum Gasteiger partial charge on any atom is -0.433 e. The normalized spacial score (nSPS) is 10.8. The van der Waals surface area contributed by atoms with Gasteiger partial charge in [0.25, 0.3) is 0 Å². The molecule has 100 valence electrons. The highest BCUT2D eigenvalue weighted by Crippen LogP contribution is 2.27. The number of ether oxygens (including phenoxy) is 1. The molecule has 0 bridgehead atoms. The second kappa shape index (κ2) is 6.25. The van der Waals surface area contributed by atoms with Gasteiger partial charge in [-0.25, -0.2) is 9.97 Å². The molecular formula is C12H8BrClF2N2O. The summed E-state index contributed by atoms with van der Waals surface area (Å²) in [4.78, 5) is 8.24. The monoisotopic (exact) mass is 348 g/mol. The van der Waals surface area contributed by atoms with E-state index in [-0.39, 0.29) is 10.8 Å². The number of hydrogen-bond donors (Lipinski definition) is 0. The maximum absolute atomic E-state index is 12.1. The maximum Gasteiger partial charge on any atom is 0.387 e. The molecule has 0 unspecified atom stereocenters. The fraction of sp³-hybridized carbons (Fsp3) is 0.167. The zero-order valence-corrected chi connectivity index (χ0v) is 11.8. The van der Waals surface area contributed by atoms with E-state index < -0.39 is 6.61 Å². The number of alkyl halides is 2. The molecule has 2 rings (SSSR count). The first-order chi connectivity index (χ1) is 9.04. The van der Waals surface area contributed by atoms with Crippen molar-refractivity contribution in [3.8, 4) is 5.75 Å². The Labute approximate surface area is 121 Å². The molecule has 0 spiro atoms. The molecule has 0 aliphatic rings. The second-order valence-corrected chi connectivity index (χ2v) is 4.96. The van der Waals surface area contributed by atoms with Gasteiger partial charge in [-0.2, -0.15) is 8.78 Å². The van der Waals surface area contributed by atoms with Crippen LogP contribution in [0.5, 0.6) is 5.75 Å². The van der Waals surface area contributed by atoms with Crippen LogP contribution in [0.1, 0.15) is 11.4 Å². The van der Waals surface area contributed by atoms with Gasteiger partial charge < -0.3 is 4.74 Å². The van der Waals surface area contributed by atoms with E-state index in [0.29, 0.717) is 12.2 Å². The summed E-state index contributed by atoms with van der Waals surface area (Å²) >= 11 is 9.10. The zero-order chi connectivity index (χ0) is 13.8. The van der Waals surface area contributed by atoms with Crippen molar-refractivity contribution in [1.29, 1.82) is 0 Å². The van der Waals surface area contributed by atoms with E-state index in [4.69, 9.17) is 11.6 Å². The third-order valence-corrected chi connectivity index (χ3v) is 2.95. The van der Waals surface area contributed by atoms with Gasteiger partial charge in [0.2, 0.25) is 0 Å². The largest absolute Gasteiger partial charge is 0.433 e. The third-order valence-electron chi connectivity index (χ3n) is 2.25. The van der Waals surface area contributed by atoms with Crippen molar-refractivity contribution in [2.45, 2.75) is 13.0 Å². The van der Waals surface area contributed by atoms with E-state index >= 15 is 0 Å². The standard InChI is InChI=1S/C12H8BrClF2N2O/c13-8-5-17-11(18-6-8)4-7-1-2-10(9(14)3-7)19-12(15)16/h1-3,5-6,12H,4H2. The quantitative estimate of drug-likeness (QED) is 0.834. The van der Waals surface area contributed by atoms with Gasteiger partial charge in [-0.05, 0) is 33.6 Å². The van der Waals surface area contributed by atoms with E-state index in [1.54, 1.807) is 24.5 Å². The van der Waals surface area contributed by atoms with Gasteiger partial charge in [-0.1, -0.05) is 17.7 Å². The lowest BCUT2D eigenvalue weighted by molar-refractivity contribution is -0.0497. The van der Waals surface area contributed by atoms with Gasteiger partial charge in [0.1, 0.15) is 11.6 Å². The first-order valence-electron chi connectivity index (χ1n) is 5.24. The first kappa shape index (κ1) is 14.1. The van der Waals surface area contributed by atoms with Crippen molar-refractivity contribution in [3.05, 3.63) is 51.5 Å². The summed E-state index contributed by atoms with van der Waals surface area (Å²) in [6, 6.07) is 4.61. The number of hydrogen-bond acceptors (Lipinski definition) is 3. The Balaban J connectivity index is 2.13. The Kier molecular flexibility index (Phi) is 4.66. The highest BCUT2D eigenvalue weighted by Gasteiger charge is 2.09. The number of halogens is 4. The molecule has 0 saturated carbocycles. The number of nitrogens with zero attached hydrogens (tertiary/aromatic N) is 2. The summed E-state index contributed by atoms with van der Waals surface area (Å²) < 4.78 is 29.2. The summed E-state index contributed by atoms with van der Waals surface area (Å²) in [5, 5.41) is 0.134. The van der Waals surface area contributed by atoms with Gasteiger partial charge in [0.15, 0.2) is 0 Å². The third kappa shape index (κ3) is 4.11. The van der Waals surface area contributed by atoms with Crippen LogP contribution in [-0.4, -0.2) is 16.6 Å². The molecule has 0 fully saturated rings. The van der Waals surface area contributed by atoms with Crippen LogP contribution >= 0.6 is 27.5 Å². The van der Waals surface area contributed by atoms with Crippen LogP contribution in [-0.2, 0) is 6.42 Å². The molecule has 1 aromatic carbocycles. The van der Waals surface area contributed by atoms with Crippen LogP contribution in [0.15, 0.2) is 35.1 Å². The molecule has 0 radical (unpaired) electrons. The lowest BCUT2D eigenvalue weighted by atomic mass is 10.1. The Bertz CT molecular complexity index is 566. The van der Waals surface area contributed by atoms with Crippen LogP contribution in [0.3, 0.4) is 0 Å². The van der Waals surface area contributed by atoms with Gasteiger partial charge in [0, 0.05) is 18.8 Å². The van der Waals surface area contributed by atoms with Crippen LogP contribution in [0, 0.1) is 0 Å². The van der Waals surface area contributed by atoms with Crippen molar-refractivity contribution in [2.75, 3.05) is 0 Å².